The molecular formula is C16H23N3. The summed E-state index contributed by atoms with van der Waals surface area (Å²) >= 11 is 0. The molecule has 0 aliphatic heterocycles. The second-order valence-electron chi connectivity index (χ2n) is 5.05. The summed E-state index contributed by atoms with van der Waals surface area (Å²) in [6.45, 7) is 4.17. The quantitative estimate of drug-likeness (QED) is 0.853. The van der Waals surface area contributed by atoms with Gasteiger partial charge >= 0.3 is 0 Å². The van der Waals surface area contributed by atoms with E-state index in [0.29, 0.717) is 0 Å². The first kappa shape index (κ1) is 13.5. The van der Waals surface area contributed by atoms with Crippen molar-refractivity contribution in [3.63, 3.8) is 0 Å². The molecule has 0 saturated carbocycles. The lowest BCUT2D eigenvalue weighted by atomic mass is 10.2. The van der Waals surface area contributed by atoms with Gasteiger partial charge in [-0.15, -0.1) is 0 Å². The highest BCUT2D eigenvalue weighted by atomic mass is 15.1. The van der Waals surface area contributed by atoms with Gasteiger partial charge in [-0.25, -0.2) is 0 Å². The van der Waals surface area contributed by atoms with Crippen molar-refractivity contribution >= 4 is 11.4 Å². The third-order valence-electron chi connectivity index (χ3n) is 3.17. The van der Waals surface area contributed by atoms with Crippen LogP contribution >= 0.6 is 0 Å². The van der Waals surface area contributed by atoms with Crippen LogP contribution in [0.15, 0.2) is 42.7 Å². The van der Waals surface area contributed by atoms with Gasteiger partial charge in [0.1, 0.15) is 0 Å². The Morgan fingerprint density at radius 2 is 1.84 bits per heavy atom. The van der Waals surface area contributed by atoms with Gasteiger partial charge in [-0.05, 0) is 42.3 Å². The molecule has 0 aliphatic carbocycles. The van der Waals surface area contributed by atoms with Crippen LogP contribution in [0.2, 0.25) is 0 Å². The minimum absolute atomic E-state index is 0.873. The maximum Gasteiger partial charge on any atom is 0.0415 e. The van der Waals surface area contributed by atoms with Crippen molar-refractivity contribution in [1.29, 1.82) is 0 Å². The van der Waals surface area contributed by atoms with E-state index in [0.717, 1.165) is 18.8 Å². The predicted octanol–water partition coefficient (Wildman–Crippen LogP) is 3.58. The van der Waals surface area contributed by atoms with Crippen molar-refractivity contribution in [1.82, 2.24) is 4.57 Å². The monoisotopic (exact) mass is 257 g/mol. The maximum atomic E-state index is 3.45. The third kappa shape index (κ3) is 3.78. The molecule has 3 nitrogen and oxygen atoms in total. The first-order chi connectivity index (χ1) is 9.19. The summed E-state index contributed by atoms with van der Waals surface area (Å²) in [6, 6.07) is 10.7. The molecule has 0 saturated heterocycles. The van der Waals surface area contributed by atoms with Crippen LogP contribution < -0.4 is 10.2 Å². The van der Waals surface area contributed by atoms with Gasteiger partial charge in [0.25, 0.3) is 0 Å². The van der Waals surface area contributed by atoms with Crippen LogP contribution in [-0.4, -0.2) is 18.7 Å². The molecule has 0 radical (unpaired) electrons. The molecule has 0 spiro atoms. The fourth-order valence-electron chi connectivity index (χ4n) is 2.07. The summed E-state index contributed by atoms with van der Waals surface area (Å²) < 4.78 is 2.24. The van der Waals surface area contributed by atoms with E-state index < -0.39 is 0 Å². The normalized spacial score (nSPS) is 10.5. The van der Waals surface area contributed by atoms with Gasteiger partial charge in [-0.1, -0.05) is 6.92 Å². The summed E-state index contributed by atoms with van der Waals surface area (Å²) in [4.78, 5) is 2.11. The van der Waals surface area contributed by atoms with Crippen LogP contribution in [-0.2, 0) is 13.1 Å². The van der Waals surface area contributed by atoms with Crippen molar-refractivity contribution in [2.24, 2.45) is 0 Å². The molecule has 0 fully saturated rings. The minimum Gasteiger partial charge on any atom is -0.381 e. The van der Waals surface area contributed by atoms with Crippen LogP contribution in [0.3, 0.4) is 0 Å². The van der Waals surface area contributed by atoms with Crippen molar-refractivity contribution in [2.45, 2.75) is 26.4 Å². The maximum absolute atomic E-state index is 3.45. The van der Waals surface area contributed by atoms with Crippen molar-refractivity contribution in [2.75, 3.05) is 24.3 Å². The SMILES string of the molecule is CCCn1ccc(CNc2ccc(N(C)C)cc2)c1. The van der Waals surface area contributed by atoms with Crippen molar-refractivity contribution in [3.05, 3.63) is 48.3 Å². The minimum atomic E-state index is 0.873. The first-order valence-electron chi connectivity index (χ1n) is 6.85. The molecule has 1 heterocycles. The summed E-state index contributed by atoms with van der Waals surface area (Å²) in [5.74, 6) is 0. The van der Waals surface area contributed by atoms with Gasteiger partial charge in [0.15, 0.2) is 0 Å². The number of aromatic nitrogens is 1. The molecule has 1 N–H and O–H groups in total. The van der Waals surface area contributed by atoms with Gasteiger partial charge in [0.05, 0.1) is 0 Å². The molecule has 2 aromatic rings. The molecule has 0 atom stereocenters. The van der Waals surface area contributed by atoms with E-state index in [1.165, 1.54) is 17.7 Å². The standard InChI is InChI=1S/C16H23N3/c1-4-10-19-11-9-14(13-19)12-17-15-5-7-16(8-6-15)18(2)3/h5-9,11,13,17H,4,10,12H2,1-3H3. The molecule has 19 heavy (non-hydrogen) atoms. The van der Waals surface area contributed by atoms with Crippen LogP contribution in [0, 0.1) is 0 Å². The molecule has 0 unspecified atom stereocenters. The second kappa shape index (κ2) is 6.32. The number of rotatable bonds is 6. The molecular weight excluding hydrogens is 234 g/mol. The Morgan fingerprint density at radius 1 is 1.11 bits per heavy atom. The van der Waals surface area contributed by atoms with E-state index in [9.17, 15) is 0 Å². The van der Waals surface area contributed by atoms with Crippen LogP contribution in [0.5, 0.6) is 0 Å². The molecule has 0 bridgehead atoms. The summed E-state index contributed by atoms with van der Waals surface area (Å²) in [5.41, 5.74) is 3.71. The predicted molar refractivity (Wildman–Crippen MR) is 82.8 cm³/mol. The average Bonchev–Trinajstić information content (AvgIpc) is 2.85. The van der Waals surface area contributed by atoms with Gasteiger partial charge < -0.3 is 14.8 Å². The zero-order valence-corrected chi connectivity index (χ0v) is 12.1. The fraction of sp³-hybridized carbons (Fsp3) is 0.375. The Balaban J connectivity index is 1.90. The van der Waals surface area contributed by atoms with E-state index in [-0.39, 0.29) is 0 Å². The second-order valence-corrected chi connectivity index (χ2v) is 5.05. The highest BCUT2D eigenvalue weighted by molar-refractivity contribution is 5.54. The number of aryl methyl sites for hydroxylation is 1. The third-order valence-corrected chi connectivity index (χ3v) is 3.17. The molecule has 1 aromatic carbocycles. The molecule has 3 heteroatoms. The number of anilines is 2. The number of hydrogen-bond acceptors (Lipinski definition) is 2. The van der Waals surface area contributed by atoms with E-state index in [2.05, 4.69) is 78.5 Å². The van der Waals surface area contributed by atoms with Gasteiger partial charge in [0, 0.05) is 51.0 Å². The lowest BCUT2D eigenvalue weighted by Crippen LogP contribution is -2.08. The Morgan fingerprint density at radius 3 is 2.47 bits per heavy atom. The topological polar surface area (TPSA) is 20.2 Å². The highest BCUT2D eigenvalue weighted by Gasteiger charge is 1.98. The highest BCUT2D eigenvalue weighted by Crippen LogP contribution is 2.16. The molecule has 0 amide bonds. The van der Waals surface area contributed by atoms with Crippen LogP contribution in [0.1, 0.15) is 18.9 Å². The Labute approximate surface area is 115 Å². The van der Waals surface area contributed by atoms with Gasteiger partial charge in [-0.2, -0.15) is 0 Å². The Hall–Kier alpha value is -1.90. The summed E-state index contributed by atoms with van der Waals surface area (Å²) in [7, 11) is 4.11. The number of nitrogens with one attached hydrogen (secondary N) is 1. The van der Waals surface area contributed by atoms with Crippen molar-refractivity contribution in [3.8, 4) is 0 Å². The summed E-state index contributed by atoms with van der Waals surface area (Å²) in [6.07, 6.45) is 5.54. The zero-order chi connectivity index (χ0) is 13.7. The number of benzene rings is 1. The Kier molecular flexibility index (Phi) is 4.50. The van der Waals surface area contributed by atoms with Gasteiger partial charge in [-0.3, -0.25) is 0 Å². The lowest BCUT2D eigenvalue weighted by molar-refractivity contribution is 0.682. The molecule has 1 aromatic heterocycles. The first-order valence-corrected chi connectivity index (χ1v) is 6.85. The van der Waals surface area contributed by atoms with Crippen LogP contribution in [0.4, 0.5) is 11.4 Å². The van der Waals surface area contributed by atoms with Gasteiger partial charge in [0.2, 0.25) is 0 Å². The van der Waals surface area contributed by atoms with E-state index >= 15 is 0 Å². The average molecular weight is 257 g/mol. The molecule has 102 valence electrons. The largest absolute Gasteiger partial charge is 0.381 e. The Bertz CT molecular complexity index is 497. The van der Waals surface area contributed by atoms with Crippen LogP contribution in [0.25, 0.3) is 0 Å². The number of nitrogens with zero attached hydrogens (tertiary/aromatic N) is 2. The number of hydrogen-bond donors (Lipinski definition) is 1. The van der Waals surface area contributed by atoms with Crippen molar-refractivity contribution < 1.29 is 0 Å². The molecule has 0 aliphatic rings. The summed E-state index contributed by atoms with van der Waals surface area (Å²) in [5, 5.41) is 3.45. The smallest absolute Gasteiger partial charge is 0.0415 e. The van der Waals surface area contributed by atoms with E-state index in [1.807, 2.05) is 0 Å². The zero-order valence-electron chi connectivity index (χ0n) is 12.1. The lowest BCUT2D eigenvalue weighted by Gasteiger charge is -2.13. The van der Waals surface area contributed by atoms with E-state index in [4.69, 9.17) is 0 Å². The fourth-order valence-corrected chi connectivity index (χ4v) is 2.07. The van der Waals surface area contributed by atoms with E-state index in [1.54, 1.807) is 0 Å². The molecule has 2 rings (SSSR count).